The molecule has 1 aliphatic rings. The maximum atomic E-state index is 12.0. The minimum atomic E-state index is 0.216. The molecule has 0 saturated carbocycles. The summed E-state index contributed by atoms with van der Waals surface area (Å²) in [5.41, 5.74) is 4.77. The quantitative estimate of drug-likeness (QED) is 0.569. The monoisotopic (exact) mass is 264 g/mol. The van der Waals surface area contributed by atoms with E-state index in [1.54, 1.807) is 0 Å². The van der Waals surface area contributed by atoms with Crippen molar-refractivity contribution in [3.05, 3.63) is 23.2 Å². The molecule has 1 rings (SSSR count). The molecule has 2 N–H and O–H groups in total. The standard InChI is InChI=1S/C14H24N4O/c1-5-13(17-15-4)16-12(3)11(2)10-14(19)18-8-6-7-9-18/h5,16-17H,4,6-10H2,1-3H3/b12-11+,13-5-. The van der Waals surface area contributed by atoms with E-state index in [4.69, 9.17) is 0 Å². The molecular formula is C14H24N4O. The molecule has 1 saturated heterocycles. The molecule has 0 radical (unpaired) electrons. The average molecular weight is 264 g/mol. The molecule has 1 fully saturated rings. The minimum Gasteiger partial charge on any atom is -0.345 e. The molecule has 0 unspecified atom stereocenters. The number of nitrogens with zero attached hydrogens (tertiary/aromatic N) is 2. The minimum absolute atomic E-state index is 0.216. The summed E-state index contributed by atoms with van der Waals surface area (Å²) in [7, 11) is 0. The number of amides is 1. The summed E-state index contributed by atoms with van der Waals surface area (Å²) in [6, 6.07) is 0. The van der Waals surface area contributed by atoms with Crippen molar-refractivity contribution >= 4 is 12.6 Å². The van der Waals surface area contributed by atoms with E-state index in [0.717, 1.165) is 43.0 Å². The van der Waals surface area contributed by atoms with Crippen LogP contribution in [-0.2, 0) is 4.79 Å². The lowest BCUT2D eigenvalue weighted by Gasteiger charge is -2.17. The number of hydrogen-bond donors (Lipinski definition) is 2. The van der Waals surface area contributed by atoms with Crippen molar-refractivity contribution in [1.82, 2.24) is 15.6 Å². The molecule has 1 heterocycles. The number of allylic oxidation sites excluding steroid dienone is 2. The number of carbonyl (C=O) groups is 1. The molecule has 0 atom stereocenters. The van der Waals surface area contributed by atoms with E-state index < -0.39 is 0 Å². The smallest absolute Gasteiger partial charge is 0.226 e. The van der Waals surface area contributed by atoms with Crippen molar-refractivity contribution in [2.75, 3.05) is 13.1 Å². The summed E-state index contributed by atoms with van der Waals surface area (Å²) in [6.07, 6.45) is 4.60. The Bertz CT molecular complexity index is 392. The molecule has 1 amide bonds. The summed E-state index contributed by atoms with van der Waals surface area (Å²) in [6.45, 7) is 11.0. The second kappa shape index (κ2) is 7.61. The van der Waals surface area contributed by atoms with E-state index >= 15 is 0 Å². The zero-order chi connectivity index (χ0) is 14.3. The maximum absolute atomic E-state index is 12.0. The van der Waals surface area contributed by atoms with Crippen LogP contribution in [-0.4, -0.2) is 30.6 Å². The predicted molar refractivity (Wildman–Crippen MR) is 78.4 cm³/mol. The zero-order valence-electron chi connectivity index (χ0n) is 12.1. The van der Waals surface area contributed by atoms with E-state index in [-0.39, 0.29) is 5.91 Å². The van der Waals surface area contributed by atoms with Gasteiger partial charge in [-0.1, -0.05) is 0 Å². The number of nitrogens with one attached hydrogen (secondary N) is 2. The highest BCUT2D eigenvalue weighted by Crippen LogP contribution is 2.13. The van der Waals surface area contributed by atoms with Gasteiger partial charge in [0.05, 0.1) is 0 Å². The molecular weight excluding hydrogens is 240 g/mol. The molecule has 0 aromatic carbocycles. The van der Waals surface area contributed by atoms with Gasteiger partial charge in [-0.3, -0.25) is 10.2 Å². The maximum Gasteiger partial charge on any atom is 0.226 e. The molecule has 0 aromatic rings. The van der Waals surface area contributed by atoms with Gasteiger partial charge in [0.25, 0.3) is 0 Å². The summed E-state index contributed by atoms with van der Waals surface area (Å²) < 4.78 is 0. The Hall–Kier alpha value is -1.78. The number of rotatable bonds is 6. The van der Waals surface area contributed by atoms with Crippen molar-refractivity contribution in [1.29, 1.82) is 0 Å². The second-order valence-electron chi connectivity index (χ2n) is 4.77. The predicted octanol–water partition coefficient (Wildman–Crippen LogP) is 1.95. The summed E-state index contributed by atoms with van der Waals surface area (Å²) in [5.74, 6) is 0.980. The Morgan fingerprint density at radius 3 is 2.53 bits per heavy atom. The normalized spacial score (nSPS) is 17.0. The Balaban J connectivity index is 2.57. The van der Waals surface area contributed by atoms with Crippen LogP contribution in [0.15, 0.2) is 28.3 Å². The Morgan fingerprint density at radius 1 is 1.37 bits per heavy atom. The molecule has 0 aliphatic carbocycles. The van der Waals surface area contributed by atoms with Gasteiger partial charge in [0.15, 0.2) is 0 Å². The Labute approximate surface area is 115 Å². The second-order valence-corrected chi connectivity index (χ2v) is 4.77. The third kappa shape index (κ3) is 4.77. The van der Waals surface area contributed by atoms with Crippen LogP contribution >= 0.6 is 0 Å². The highest BCUT2D eigenvalue weighted by molar-refractivity contribution is 5.79. The van der Waals surface area contributed by atoms with Gasteiger partial charge >= 0.3 is 0 Å². The summed E-state index contributed by atoms with van der Waals surface area (Å²) in [5, 5.41) is 6.80. The highest BCUT2D eigenvalue weighted by Gasteiger charge is 2.18. The first-order valence-electron chi connectivity index (χ1n) is 6.67. The molecule has 0 bridgehead atoms. The number of hydrogen-bond acceptors (Lipinski definition) is 4. The van der Waals surface area contributed by atoms with Gasteiger partial charge in [0.2, 0.25) is 5.91 Å². The zero-order valence-corrected chi connectivity index (χ0v) is 12.1. The van der Waals surface area contributed by atoms with Gasteiger partial charge in [-0.2, -0.15) is 5.10 Å². The molecule has 1 aliphatic heterocycles. The summed E-state index contributed by atoms with van der Waals surface area (Å²) >= 11 is 0. The molecule has 5 nitrogen and oxygen atoms in total. The third-order valence-electron chi connectivity index (χ3n) is 3.33. The fourth-order valence-corrected chi connectivity index (χ4v) is 2.00. The van der Waals surface area contributed by atoms with Crippen LogP contribution in [0.3, 0.4) is 0 Å². The largest absolute Gasteiger partial charge is 0.345 e. The molecule has 5 heteroatoms. The summed E-state index contributed by atoms with van der Waals surface area (Å²) in [4.78, 5) is 14.0. The number of likely N-dealkylation sites (tertiary alicyclic amines) is 1. The van der Waals surface area contributed by atoms with Crippen LogP contribution in [0.2, 0.25) is 0 Å². The van der Waals surface area contributed by atoms with Crippen molar-refractivity contribution in [3.8, 4) is 0 Å². The van der Waals surface area contributed by atoms with Crippen molar-refractivity contribution in [3.63, 3.8) is 0 Å². The van der Waals surface area contributed by atoms with Crippen molar-refractivity contribution in [2.24, 2.45) is 5.10 Å². The average Bonchev–Trinajstić information content (AvgIpc) is 2.91. The van der Waals surface area contributed by atoms with Crippen LogP contribution in [0.25, 0.3) is 0 Å². The van der Waals surface area contributed by atoms with Gasteiger partial charge < -0.3 is 10.2 Å². The van der Waals surface area contributed by atoms with E-state index in [2.05, 4.69) is 22.6 Å². The Morgan fingerprint density at radius 2 is 2.00 bits per heavy atom. The van der Waals surface area contributed by atoms with E-state index in [0.29, 0.717) is 6.42 Å². The van der Waals surface area contributed by atoms with Crippen molar-refractivity contribution < 1.29 is 4.79 Å². The molecule has 106 valence electrons. The first-order chi connectivity index (χ1) is 9.08. The van der Waals surface area contributed by atoms with Crippen LogP contribution in [0.4, 0.5) is 0 Å². The Kier molecular flexibility index (Phi) is 6.12. The fraction of sp³-hybridized carbons (Fsp3) is 0.571. The SMILES string of the molecule is C=NN/C(=C\C)N/C(C)=C(\C)CC(=O)N1CCCC1. The van der Waals surface area contributed by atoms with E-state index in [9.17, 15) is 4.79 Å². The lowest BCUT2D eigenvalue weighted by Crippen LogP contribution is -2.28. The third-order valence-corrected chi connectivity index (χ3v) is 3.33. The first-order valence-corrected chi connectivity index (χ1v) is 6.67. The van der Waals surface area contributed by atoms with E-state index in [1.807, 2.05) is 31.7 Å². The van der Waals surface area contributed by atoms with Crippen LogP contribution in [0.5, 0.6) is 0 Å². The highest BCUT2D eigenvalue weighted by atomic mass is 16.2. The van der Waals surface area contributed by atoms with Crippen LogP contribution < -0.4 is 10.7 Å². The van der Waals surface area contributed by atoms with Crippen LogP contribution in [0.1, 0.15) is 40.0 Å². The van der Waals surface area contributed by atoms with Gasteiger partial charge in [0, 0.05) is 31.9 Å². The number of hydrazone groups is 1. The fourth-order valence-electron chi connectivity index (χ4n) is 2.00. The van der Waals surface area contributed by atoms with E-state index in [1.165, 1.54) is 0 Å². The van der Waals surface area contributed by atoms with Crippen molar-refractivity contribution in [2.45, 2.75) is 40.0 Å². The number of carbonyl (C=O) groups excluding carboxylic acids is 1. The lowest BCUT2D eigenvalue weighted by atomic mass is 10.1. The van der Waals surface area contributed by atoms with Crippen LogP contribution in [0, 0.1) is 0 Å². The first kappa shape index (κ1) is 15.3. The molecule has 0 spiro atoms. The topological polar surface area (TPSA) is 56.7 Å². The van der Waals surface area contributed by atoms with Gasteiger partial charge in [-0.05, 0) is 45.3 Å². The molecule has 19 heavy (non-hydrogen) atoms. The lowest BCUT2D eigenvalue weighted by molar-refractivity contribution is -0.129. The van der Waals surface area contributed by atoms with Gasteiger partial charge in [0.1, 0.15) is 5.82 Å². The van der Waals surface area contributed by atoms with Gasteiger partial charge in [-0.15, -0.1) is 0 Å². The van der Waals surface area contributed by atoms with Gasteiger partial charge in [-0.25, -0.2) is 0 Å². The molecule has 0 aromatic heterocycles.